The molecule has 0 atom stereocenters. The lowest BCUT2D eigenvalue weighted by atomic mass is 10.1. The van der Waals surface area contributed by atoms with E-state index in [9.17, 15) is 4.79 Å². The van der Waals surface area contributed by atoms with E-state index in [1.165, 1.54) is 12.8 Å². The average Bonchev–Trinajstić information content (AvgIpc) is 3.43. The quantitative estimate of drug-likeness (QED) is 0.608. The topological polar surface area (TPSA) is 65.4 Å². The van der Waals surface area contributed by atoms with Gasteiger partial charge >= 0.3 is 0 Å². The summed E-state index contributed by atoms with van der Waals surface area (Å²) < 4.78 is 13.8. The van der Waals surface area contributed by atoms with Crippen LogP contribution < -0.4 is 14.8 Å². The zero-order valence-electron chi connectivity index (χ0n) is 17.2. The molecule has 0 saturated heterocycles. The number of nitrogens with one attached hydrogen (secondary N) is 1. The molecule has 1 saturated carbocycles. The van der Waals surface area contributed by atoms with E-state index in [-0.39, 0.29) is 5.91 Å². The maximum absolute atomic E-state index is 12.6. The van der Waals surface area contributed by atoms with E-state index in [1.807, 2.05) is 42.1 Å². The van der Waals surface area contributed by atoms with Crippen LogP contribution in [0.4, 0.5) is 0 Å². The van der Waals surface area contributed by atoms with Crippen molar-refractivity contribution in [3.05, 3.63) is 77.9 Å². The highest BCUT2D eigenvalue weighted by Crippen LogP contribution is 2.26. The average molecular weight is 405 g/mol. The summed E-state index contributed by atoms with van der Waals surface area (Å²) in [5.41, 5.74) is 1.58. The van der Waals surface area contributed by atoms with Gasteiger partial charge in [-0.25, -0.2) is 4.98 Å². The van der Waals surface area contributed by atoms with Crippen LogP contribution in [0.15, 0.2) is 60.9 Å². The van der Waals surface area contributed by atoms with Gasteiger partial charge in [-0.1, -0.05) is 18.2 Å². The standard InChI is InChI=1S/C24H27N3O3/c1-27-15-14-25-23(27)17-29-20-12-10-18(11-13-20)24(28)26-16-19-6-2-5-9-22(19)30-21-7-3-4-8-21/h2,5-6,9-15,21H,3-4,7-8,16-17H2,1H3,(H,26,28). The van der Waals surface area contributed by atoms with Gasteiger partial charge < -0.3 is 19.4 Å². The fraction of sp³-hybridized carbons (Fsp3) is 0.333. The Labute approximate surface area is 176 Å². The van der Waals surface area contributed by atoms with E-state index in [2.05, 4.69) is 10.3 Å². The van der Waals surface area contributed by atoms with Crippen LogP contribution in [-0.4, -0.2) is 21.6 Å². The van der Waals surface area contributed by atoms with Crippen molar-refractivity contribution in [2.45, 2.75) is 44.9 Å². The number of carbonyl (C=O) groups excluding carboxylic acids is 1. The Balaban J connectivity index is 1.31. The van der Waals surface area contributed by atoms with E-state index in [0.717, 1.165) is 30.0 Å². The highest BCUT2D eigenvalue weighted by Gasteiger charge is 2.18. The van der Waals surface area contributed by atoms with Gasteiger partial charge in [0.05, 0.1) is 6.10 Å². The molecule has 1 fully saturated rings. The number of amides is 1. The molecule has 1 amide bonds. The third-order valence-corrected chi connectivity index (χ3v) is 5.41. The van der Waals surface area contributed by atoms with E-state index in [0.29, 0.717) is 30.6 Å². The first-order chi connectivity index (χ1) is 14.7. The molecule has 156 valence electrons. The van der Waals surface area contributed by atoms with Gasteiger partial charge in [-0.05, 0) is 56.0 Å². The molecular weight excluding hydrogens is 378 g/mol. The van der Waals surface area contributed by atoms with Crippen molar-refractivity contribution in [2.24, 2.45) is 7.05 Å². The van der Waals surface area contributed by atoms with Gasteiger partial charge in [0.1, 0.15) is 23.9 Å². The normalized spacial score (nSPS) is 13.9. The summed E-state index contributed by atoms with van der Waals surface area (Å²) in [6, 6.07) is 15.1. The Morgan fingerprint density at radius 2 is 1.90 bits per heavy atom. The van der Waals surface area contributed by atoms with Crippen molar-refractivity contribution in [1.29, 1.82) is 0 Å². The number of hydrogen-bond donors (Lipinski definition) is 1. The SMILES string of the molecule is Cn1ccnc1COc1ccc(C(=O)NCc2ccccc2OC2CCCC2)cc1. The van der Waals surface area contributed by atoms with Crippen molar-refractivity contribution >= 4 is 5.91 Å². The molecule has 0 bridgehead atoms. The third-order valence-electron chi connectivity index (χ3n) is 5.41. The van der Waals surface area contributed by atoms with Crippen molar-refractivity contribution in [1.82, 2.24) is 14.9 Å². The third kappa shape index (κ3) is 5.00. The summed E-state index contributed by atoms with van der Waals surface area (Å²) >= 11 is 0. The molecule has 30 heavy (non-hydrogen) atoms. The molecule has 6 nitrogen and oxygen atoms in total. The second kappa shape index (κ2) is 9.48. The van der Waals surface area contributed by atoms with Gasteiger partial charge in [0.15, 0.2) is 0 Å². The molecule has 1 N–H and O–H groups in total. The van der Waals surface area contributed by atoms with Crippen LogP contribution in [0.25, 0.3) is 0 Å². The minimum absolute atomic E-state index is 0.124. The van der Waals surface area contributed by atoms with Gasteiger partial charge in [0, 0.05) is 37.1 Å². The Morgan fingerprint density at radius 3 is 2.63 bits per heavy atom. The lowest BCUT2D eigenvalue weighted by Gasteiger charge is -2.17. The zero-order valence-corrected chi connectivity index (χ0v) is 17.2. The summed E-state index contributed by atoms with van der Waals surface area (Å²) in [6.07, 6.45) is 8.58. The maximum atomic E-state index is 12.6. The largest absolute Gasteiger partial charge is 0.490 e. The molecule has 1 aromatic heterocycles. The van der Waals surface area contributed by atoms with Crippen LogP contribution in [0.5, 0.6) is 11.5 Å². The highest BCUT2D eigenvalue weighted by atomic mass is 16.5. The molecule has 1 heterocycles. The predicted octanol–water partition coefficient (Wildman–Crippen LogP) is 4.25. The second-order valence-corrected chi connectivity index (χ2v) is 7.58. The molecule has 0 spiro atoms. The summed E-state index contributed by atoms with van der Waals surface area (Å²) in [5, 5.41) is 2.99. The molecule has 1 aliphatic carbocycles. The minimum atomic E-state index is -0.124. The highest BCUT2D eigenvalue weighted by molar-refractivity contribution is 5.94. The number of aryl methyl sites for hydroxylation is 1. The molecule has 6 heteroatoms. The monoisotopic (exact) mass is 405 g/mol. The van der Waals surface area contributed by atoms with Gasteiger partial charge in [-0.3, -0.25) is 4.79 Å². The number of hydrogen-bond acceptors (Lipinski definition) is 4. The summed E-state index contributed by atoms with van der Waals surface area (Å²) in [4.78, 5) is 16.8. The van der Waals surface area contributed by atoms with Gasteiger partial charge in [-0.15, -0.1) is 0 Å². The van der Waals surface area contributed by atoms with Crippen LogP contribution in [-0.2, 0) is 20.2 Å². The Bertz CT molecular complexity index is 975. The Kier molecular flexibility index (Phi) is 6.32. The molecular formula is C24H27N3O3. The predicted molar refractivity (Wildman–Crippen MR) is 114 cm³/mol. The summed E-state index contributed by atoms with van der Waals surface area (Å²) in [6.45, 7) is 0.811. The lowest BCUT2D eigenvalue weighted by Crippen LogP contribution is -2.23. The molecule has 2 aromatic carbocycles. The molecule has 4 rings (SSSR count). The van der Waals surface area contributed by atoms with E-state index in [4.69, 9.17) is 9.47 Å². The number of aromatic nitrogens is 2. The Hall–Kier alpha value is -3.28. The van der Waals surface area contributed by atoms with Crippen LogP contribution in [0.3, 0.4) is 0 Å². The molecule has 0 unspecified atom stereocenters. The van der Waals surface area contributed by atoms with Crippen LogP contribution in [0, 0.1) is 0 Å². The first-order valence-electron chi connectivity index (χ1n) is 10.4. The maximum Gasteiger partial charge on any atom is 0.251 e. The van der Waals surface area contributed by atoms with E-state index in [1.54, 1.807) is 30.5 Å². The van der Waals surface area contributed by atoms with Crippen molar-refractivity contribution < 1.29 is 14.3 Å². The number of rotatable bonds is 8. The fourth-order valence-corrected chi connectivity index (χ4v) is 3.61. The summed E-state index contributed by atoms with van der Waals surface area (Å²) in [7, 11) is 1.93. The zero-order chi connectivity index (χ0) is 20.8. The first-order valence-corrected chi connectivity index (χ1v) is 10.4. The second-order valence-electron chi connectivity index (χ2n) is 7.58. The van der Waals surface area contributed by atoms with E-state index < -0.39 is 0 Å². The fourth-order valence-electron chi connectivity index (χ4n) is 3.61. The minimum Gasteiger partial charge on any atom is -0.490 e. The Morgan fingerprint density at radius 1 is 1.13 bits per heavy atom. The van der Waals surface area contributed by atoms with Gasteiger partial charge in [0.2, 0.25) is 0 Å². The van der Waals surface area contributed by atoms with Crippen LogP contribution in [0.2, 0.25) is 0 Å². The number of nitrogens with zero attached hydrogens (tertiary/aromatic N) is 2. The van der Waals surface area contributed by atoms with Crippen LogP contribution in [0.1, 0.15) is 47.4 Å². The van der Waals surface area contributed by atoms with Crippen molar-refractivity contribution in [2.75, 3.05) is 0 Å². The molecule has 0 aliphatic heterocycles. The number of imidazole rings is 1. The summed E-state index contributed by atoms with van der Waals surface area (Å²) in [5.74, 6) is 2.28. The van der Waals surface area contributed by atoms with Crippen LogP contribution >= 0.6 is 0 Å². The molecule has 0 radical (unpaired) electrons. The van der Waals surface area contributed by atoms with Gasteiger partial charge in [-0.2, -0.15) is 0 Å². The van der Waals surface area contributed by atoms with Crippen molar-refractivity contribution in [3.63, 3.8) is 0 Å². The smallest absolute Gasteiger partial charge is 0.251 e. The lowest BCUT2D eigenvalue weighted by molar-refractivity contribution is 0.0950. The molecule has 1 aliphatic rings. The first kappa shape index (κ1) is 20.0. The number of para-hydroxylation sites is 1. The van der Waals surface area contributed by atoms with E-state index >= 15 is 0 Å². The van der Waals surface area contributed by atoms with Gasteiger partial charge in [0.25, 0.3) is 5.91 Å². The number of ether oxygens (including phenoxy) is 2. The van der Waals surface area contributed by atoms with Crippen molar-refractivity contribution in [3.8, 4) is 11.5 Å². The number of carbonyl (C=O) groups is 1. The number of benzene rings is 2. The molecule has 3 aromatic rings.